The standard InChI is InChI=1S/C24H26FN3O5S/c1-17-6-11-23(33-17)22(28-12-14-32-15-13-28)16-26-24(29)20-4-2-3-5-21(20)27-34(30,31)19-9-7-18(25)8-10-19/h2-11,22,27H,12-16H2,1H3,(H,26,29). The largest absolute Gasteiger partial charge is 0.465 e. The van der Waals surface area contributed by atoms with Gasteiger partial charge in [0.2, 0.25) is 0 Å². The fourth-order valence-corrected chi connectivity index (χ4v) is 4.88. The number of para-hydroxylation sites is 1. The predicted molar refractivity (Wildman–Crippen MR) is 125 cm³/mol. The van der Waals surface area contributed by atoms with E-state index < -0.39 is 21.7 Å². The van der Waals surface area contributed by atoms with Crippen LogP contribution in [0.3, 0.4) is 0 Å². The highest BCUT2D eigenvalue weighted by Crippen LogP contribution is 2.25. The van der Waals surface area contributed by atoms with E-state index in [4.69, 9.17) is 9.15 Å². The molecule has 34 heavy (non-hydrogen) atoms. The number of furan rings is 1. The molecule has 1 aliphatic heterocycles. The summed E-state index contributed by atoms with van der Waals surface area (Å²) in [6, 6.07) is 14.4. The van der Waals surface area contributed by atoms with Crippen LogP contribution in [0.15, 0.2) is 70.0 Å². The number of sulfonamides is 1. The molecule has 1 amide bonds. The van der Waals surface area contributed by atoms with Crippen molar-refractivity contribution in [2.24, 2.45) is 0 Å². The molecule has 1 fully saturated rings. The second-order valence-electron chi connectivity index (χ2n) is 7.93. The van der Waals surface area contributed by atoms with Gasteiger partial charge in [-0.25, -0.2) is 12.8 Å². The van der Waals surface area contributed by atoms with E-state index in [9.17, 15) is 17.6 Å². The zero-order valence-electron chi connectivity index (χ0n) is 18.7. The van der Waals surface area contributed by atoms with E-state index in [0.29, 0.717) is 26.3 Å². The Balaban J connectivity index is 1.51. The van der Waals surface area contributed by atoms with Crippen LogP contribution in [-0.4, -0.2) is 52.1 Å². The highest BCUT2D eigenvalue weighted by Gasteiger charge is 2.26. The molecule has 1 aromatic heterocycles. The van der Waals surface area contributed by atoms with Crippen molar-refractivity contribution < 1.29 is 26.8 Å². The lowest BCUT2D eigenvalue weighted by Gasteiger charge is -2.33. The number of halogens is 1. The van der Waals surface area contributed by atoms with Gasteiger partial charge in [-0.15, -0.1) is 0 Å². The van der Waals surface area contributed by atoms with Gasteiger partial charge < -0.3 is 14.5 Å². The molecule has 4 rings (SSSR count). The van der Waals surface area contributed by atoms with Crippen LogP contribution in [0.2, 0.25) is 0 Å². The van der Waals surface area contributed by atoms with Gasteiger partial charge in [0, 0.05) is 19.6 Å². The third-order valence-corrected chi connectivity index (χ3v) is 6.95. The number of aryl methyl sites for hydroxylation is 1. The summed E-state index contributed by atoms with van der Waals surface area (Å²) in [7, 11) is -4.01. The van der Waals surface area contributed by atoms with Crippen LogP contribution >= 0.6 is 0 Å². The molecule has 1 unspecified atom stereocenters. The zero-order valence-corrected chi connectivity index (χ0v) is 19.5. The van der Waals surface area contributed by atoms with Crippen molar-refractivity contribution in [2.75, 3.05) is 37.6 Å². The molecule has 8 nitrogen and oxygen atoms in total. The van der Waals surface area contributed by atoms with Gasteiger partial charge in [0.1, 0.15) is 17.3 Å². The van der Waals surface area contributed by atoms with Gasteiger partial charge in [-0.3, -0.25) is 14.4 Å². The molecule has 3 aromatic rings. The van der Waals surface area contributed by atoms with E-state index in [0.717, 1.165) is 23.7 Å². The Kier molecular flexibility index (Phi) is 7.30. The van der Waals surface area contributed by atoms with E-state index in [-0.39, 0.29) is 28.7 Å². The van der Waals surface area contributed by atoms with Crippen molar-refractivity contribution in [3.63, 3.8) is 0 Å². The minimum Gasteiger partial charge on any atom is -0.465 e. The van der Waals surface area contributed by atoms with Crippen LogP contribution in [0.5, 0.6) is 0 Å². The smallest absolute Gasteiger partial charge is 0.261 e. The molecule has 0 saturated carbocycles. The molecular weight excluding hydrogens is 461 g/mol. The van der Waals surface area contributed by atoms with Crippen molar-refractivity contribution in [2.45, 2.75) is 17.9 Å². The summed E-state index contributed by atoms with van der Waals surface area (Å²) in [6.07, 6.45) is 0. The lowest BCUT2D eigenvalue weighted by molar-refractivity contribution is 0.0117. The number of rotatable bonds is 8. The van der Waals surface area contributed by atoms with Crippen molar-refractivity contribution in [3.05, 3.63) is 83.6 Å². The number of anilines is 1. The van der Waals surface area contributed by atoms with Gasteiger partial charge in [-0.2, -0.15) is 0 Å². The molecule has 2 N–H and O–H groups in total. The second kappa shape index (κ2) is 10.4. The number of morpholine rings is 1. The topological polar surface area (TPSA) is 101 Å². The maximum atomic E-state index is 13.2. The summed E-state index contributed by atoms with van der Waals surface area (Å²) in [6.45, 7) is 4.73. The van der Waals surface area contributed by atoms with E-state index in [2.05, 4.69) is 14.9 Å². The quantitative estimate of drug-likeness (QED) is 0.506. The SMILES string of the molecule is Cc1ccc(C(CNC(=O)c2ccccc2NS(=O)(=O)c2ccc(F)cc2)N2CCOCC2)o1. The third kappa shape index (κ3) is 5.64. The highest BCUT2D eigenvalue weighted by molar-refractivity contribution is 7.92. The first kappa shape index (κ1) is 23.9. The minimum atomic E-state index is -4.01. The first-order chi connectivity index (χ1) is 16.3. The van der Waals surface area contributed by atoms with Gasteiger partial charge in [0.25, 0.3) is 15.9 Å². The fourth-order valence-electron chi connectivity index (χ4n) is 3.80. The Hall–Kier alpha value is -3.21. The van der Waals surface area contributed by atoms with Crippen LogP contribution in [0, 0.1) is 12.7 Å². The maximum Gasteiger partial charge on any atom is 0.261 e. The van der Waals surface area contributed by atoms with Gasteiger partial charge in [-0.1, -0.05) is 12.1 Å². The minimum absolute atomic E-state index is 0.107. The van der Waals surface area contributed by atoms with E-state index in [1.165, 1.54) is 18.2 Å². The molecule has 1 aliphatic rings. The zero-order chi connectivity index (χ0) is 24.1. The summed E-state index contributed by atoms with van der Waals surface area (Å²) < 4.78 is 52.4. The van der Waals surface area contributed by atoms with Crippen molar-refractivity contribution in [1.82, 2.24) is 10.2 Å². The number of nitrogens with zero attached hydrogens (tertiary/aromatic N) is 1. The Bertz CT molecular complexity index is 1240. The van der Waals surface area contributed by atoms with Crippen molar-refractivity contribution in [3.8, 4) is 0 Å². The molecule has 1 saturated heterocycles. The second-order valence-corrected chi connectivity index (χ2v) is 9.61. The number of amides is 1. The van der Waals surface area contributed by atoms with Crippen LogP contribution in [0.1, 0.15) is 27.9 Å². The highest BCUT2D eigenvalue weighted by atomic mass is 32.2. The normalized spacial score (nSPS) is 15.6. The Morgan fingerprint density at radius 2 is 1.76 bits per heavy atom. The maximum absolute atomic E-state index is 13.2. The first-order valence-corrected chi connectivity index (χ1v) is 12.4. The molecule has 180 valence electrons. The van der Waals surface area contributed by atoms with Gasteiger partial charge in [0.05, 0.1) is 35.4 Å². The van der Waals surface area contributed by atoms with Crippen LogP contribution in [-0.2, 0) is 14.8 Å². The van der Waals surface area contributed by atoms with Crippen LogP contribution in [0.25, 0.3) is 0 Å². The summed E-state index contributed by atoms with van der Waals surface area (Å²) in [5, 5.41) is 2.91. The Morgan fingerprint density at radius 1 is 1.06 bits per heavy atom. The predicted octanol–water partition coefficient (Wildman–Crippen LogP) is 3.33. The average Bonchev–Trinajstić information content (AvgIpc) is 3.26. The van der Waals surface area contributed by atoms with Crippen LogP contribution in [0.4, 0.5) is 10.1 Å². The van der Waals surface area contributed by atoms with E-state index >= 15 is 0 Å². The van der Waals surface area contributed by atoms with Crippen LogP contribution < -0.4 is 10.0 Å². The molecule has 2 aromatic carbocycles. The van der Waals surface area contributed by atoms with Gasteiger partial charge >= 0.3 is 0 Å². The number of carbonyl (C=O) groups excluding carboxylic acids is 1. The summed E-state index contributed by atoms with van der Waals surface area (Å²) in [4.78, 5) is 15.2. The Labute approximate surface area is 197 Å². The Morgan fingerprint density at radius 3 is 2.44 bits per heavy atom. The number of nitrogens with one attached hydrogen (secondary N) is 2. The van der Waals surface area contributed by atoms with Crippen molar-refractivity contribution >= 4 is 21.6 Å². The monoisotopic (exact) mass is 487 g/mol. The van der Waals surface area contributed by atoms with Crippen molar-refractivity contribution in [1.29, 1.82) is 0 Å². The molecule has 0 aliphatic carbocycles. The number of ether oxygens (including phenoxy) is 1. The summed E-state index contributed by atoms with van der Waals surface area (Å²) in [5.41, 5.74) is 0.297. The molecule has 2 heterocycles. The van der Waals surface area contributed by atoms with E-state index in [1.807, 2.05) is 19.1 Å². The molecule has 1 atom stereocenters. The summed E-state index contributed by atoms with van der Waals surface area (Å²) >= 11 is 0. The molecular formula is C24H26FN3O5S. The van der Waals surface area contributed by atoms with Gasteiger partial charge in [-0.05, 0) is 55.5 Å². The molecule has 0 radical (unpaired) electrons. The molecule has 0 spiro atoms. The number of hydrogen-bond acceptors (Lipinski definition) is 6. The number of hydrogen-bond donors (Lipinski definition) is 2. The van der Waals surface area contributed by atoms with E-state index in [1.54, 1.807) is 18.2 Å². The fraction of sp³-hybridized carbons (Fsp3) is 0.292. The lowest BCUT2D eigenvalue weighted by atomic mass is 10.1. The van der Waals surface area contributed by atoms with Gasteiger partial charge in [0.15, 0.2) is 0 Å². The summed E-state index contributed by atoms with van der Waals surface area (Å²) in [5.74, 6) is 0.546. The lowest BCUT2D eigenvalue weighted by Crippen LogP contribution is -2.43. The number of carbonyl (C=O) groups is 1. The first-order valence-electron chi connectivity index (χ1n) is 10.9. The third-order valence-electron chi connectivity index (χ3n) is 5.57. The molecule has 0 bridgehead atoms. The average molecular weight is 488 g/mol. The molecule has 10 heteroatoms. The number of benzene rings is 2.